The molecule has 0 saturated heterocycles. The molecule has 2 rings (SSSR count). The minimum atomic E-state index is -1.21. The number of aliphatic hydroxyl groups is 1. The summed E-state index contributed by atoms with van der Waals surface area (Å²) in [5, 5.41) is 13.7. The molecule has 0 spiro atoms. The van der Waals surface area contributed by atoms with Gasteiger partial charge in [0.25, 0.3) is 0 Å². The minimum absolute atomic E-state index is 0.149. The molecule has 2 aromatic rings. The molecule has 98 valence electrons. The normalized spacial score (nSPS) is 11.1. The Kier molecular flexibility index (Phi) is 3.97. The lowest BCUT2D eigenvalue weighted by molar-refractivity contribution is -0.119. The number of carbonyl (C=O) groups is 1. The third kappa shape index (κ3) is 3.01. The lowest BCUT2D eigenvalue weighted by atomic mass is 9.86. The van der Waals surface area contributed by atoms with E-state index in [1.807, 2.05) is 60.7 Å². The summed E-state index contributed by atoms with van der Waals surface area (Å²) in [6.07, 6.45) is 0. The zero-order valence-electron chi connectivity index (χ0n) is 10.8. The van der Waals surface area contributed by atoms with Crippen LogP contribution in [0.3, 0.4) is 0 Å². The van der Waals surface area contributed by atoms with Gasteiger partial charge in [0.15, 0.2) is 0 Å². The zero-order chi connectivity index (χ0) is 13.7. The van der Waals surface area contributed by atoms with Crippen molar-refractivity contribution >= 4 is 5.91 Å². The maximum absolute atomic E-state index is 11.1. The summed E-state index contributed by atoms with van der Waals surface area (Å²) in [5.41, 5.74) is 0.304. The average molecular weight is 255 g/mol. The monoisotopic (exact) mass is 255 g/mol. The second-order valence-corrected chi connectivity index (χ2v) is 4.50. The van der Waals surface area contributed by atoms with Crippen LogP contribution in [0.25, 0.3) is 0 Å². The molecule has 1 amide bonds. The van der Waals surface area contributed by atoms with Crippen LogP contribution in [0.1, 0.15) is 18.1 Å². The first-order chi connectivity index (χ1) is 9.13. The predicted molar refractivity (Wildman–Crippen MR) is 74.6 cm³/mol. The van der Waals surface area contributed by atoms with E-state index in [0.717, 1.165) is 11.1 Å². The zero-order valence-corrected chi connectivity index (χ0v) is 10.8. The first-order valence-electron chi connectivity index (χ1n) is 6.21. The molecule has 0 aliphatic rings. The van der Waals surface area contributed by atoms with E-state index < -0.39 is 5.60 Å². The van der Waals surface area contributed by atoms with Gasteiger partial charge in [-0.2, -0.15) is 0 Å². The van der Waals surface area contributed by atoms with Gasteiger partial charge in [-0.15, -0.1) is 0 Å². The lowest BCUT2D eigenvalue weighted by Gasteiger charge is -2.29. The van der Waals surface area contributed by atoms with Gasteiger partial charge in [0, 0.05) is 6.92 Å². The molecule has 0 fully saturated rings. The maximum atomic E-state index is 11.1. The van der Waals surface area contributed by atoms with Crippen LogP contribution in [0, 0.1) is 0 Å². The van der Waals surface area contributed by atoms with Crippen molar-refractivity contribution in [1.82, 2.24) is 5.32 Å². The smallest absolute Gasteiger partial charge is 0.216 e. The molecule has 0 radical (unpaired) electrons. The summed E-state index contributed by atoms with van der Waals surface area (Å²) in [5.74, 6) is -0.162. The Morgan fingerprint density at radius 3 is 1.79 bits per heavy atom. The Morgan fingerprint density at radius 1 is 1.00 bits per heavy atom. The van der Waals surface area contributed by atoms with Crippen molar-refractivity contribution in [2.75, 3.05) is 6.54 Å². The average Bonchev–Trinajstić information content (AvgIpc) is 2.46. The van der Waals surface area contributed by atoms with E-state index in [2.05, 4.69) is 5.32 Å². The Labute approximate surface area is 112 Å². The predicted octanol–water partition coefficient (Wildman–Crippen LogP) is 2.06. The number of carbonyl (C=O) groups excluding carboxylic acids is 1. The lowest BCUT2D eigenvalue weighted by Crippen LogP contribution is -2.40. The fourth-order valence-corrected chi connectivity index (χ4v) is 2.05. The summed E-state index contributed by atoms with van der Waals surface area (Å²) in [4.78, 5) is 11.1. The fourth-order valence-electron chi connectivity index (χ4n) is 2.05. The molecule has 2 aromatic carbocycles. The van der Waals surface area contributed by atoms with Gasteiger partial charge in [-0.1, -0.05) is 60.7 Å². The van der Waals surface area contributed by atoms with Gasteiger partial charge < -0.3 is 10.4 Å². The van der Waals surface area contributed by atoms with Crippen LogP contribution in [0.5, 0.6) is 0 Å². The fraction of sp³-hybridized carbons (Fsp3) is 0.188. The number of hydrogen-bond acceptors (Lipinski definition) is 2. The van der Waals surface area contributed by atoms with Crippen LogP contribution in [0.4, 0.5) is 0 Å². The van der Waals surface area contributed by atoms with E-state index in [9.17, 15) is 9.90 Å². The molecule has 19 heavy (non-hydrogen) atoms. The molecule has 0 aromatic heterocycles. The standard InChI is InChI=1S/C16H17NO2/c1-13(18)17-12-16(19,14-8-4-2-5-9-14)15-10-6-3-7-11-15/h2-11,19H,12H2,1H3,(H,17,18). The number of hydrogen-bond donors (Lipinski definition) is 2. The topological polar surface area (TPSA) is 49.3 Å². The molecule has 0 saturated carbocycles. The van der Waals surface area contributed by atoms with Crippen molar-refractivity contribution in [3.05, 3.63) is 71.8 Å². The highest BCUT2D eigenvalue weighted by Crippen LogP contribution is 2.28. The van der Waals surface area contributed by atoms with Crippen LogP contribution in [-0.4, -0.2) is 17.6 Å². The Morgan fingerprint density at radius 2 is 1.42 bits per heavy atom. The minimum Gasteiger partial charge on any atom is -0.379 e. The third-order valence-electron chi connectivity index (χ3n) is 3.10. The molecule has 3 nitrogen and oxygen atoms in total. The van der Waals surface area contributed by atoms with E-state index in [1.54, 1.807) is 0 Å². The molecular weight excluding hydrogens is 238 g/mol. The molecule has 0 bridgehead atoms. The van der Waals surface area contributed by atoms with Gasteiger partial charge in [-0.05, 0) is 11.1 Å². The van der Waals surface area contributed by atoms with Gasteiger partial charge in [-0.3, -0.25) is 4.79 Å². The summed E-state index contributed by atoms with van der Waals surface area (Å²) in [7, 11) is 0. The van der Waals surface area contributed by atoms with Crippen molar-refractivity contribution in [3.8, 4) is 0 Å². The molecule has 2 N–H and O–H groups in total. The second kappa shape index (κ2) is 5.67. The maximum Gasteiger partial charge on any atom is 0.216 e. The van der Waals surface area contributed by atoms with Crippen LogP contribution in [-0.2, 0) is 10.4 Å². The number of benzene rings is 2. The van der Waals surface area contributed by atoms with Crippen molar-refractivity contribution in [3.63, 3.8) is 0 Å². The quantitative estimate of drug-likeness (QED) is 0.878. The molecule has 0 heterocycles. The highest BCUT2D eigenvalue weighted by molar-refractivity contribution is 5.73. The first kappa shape index (κ1) is 13.3. The van der Waals surface area contributed by atoms with E-state index in [0.29, 0.717) is 0 Å². The molecule has 0 aliphatic carbocycles. The molecule has 0 unspecified atom stereocenters. The van der Waals surface area contributed by atoms with Crippen molar-refractivity contribution in [1.29, 1.82) is 0 Å². The van der Waals surface area contributed by atoms with Gasteiger partial charge in [-0.25, -0.2) is 0 Å². The number of rotatable bonds is 4. The summed E-state index contributed by atoms with van der Waals surface area (Å²) in [6, 6.07) is 18.7. The molecular formula is C16H17NO2. The number of amides is 1. The summed E-state index contributed by atoms with van der Waals surface area (Å²) in [6.45, 7) is 1.59. The Hall–Kier alpha value is -2.13. The molecule has 0 atom stereocenters. The van der Waals surface area contributed by atoms with Crippen molar-refractivity contribution < 1.29 is 9.90 Å². The van der Waals surface area contributed by atoms with Gasteiger partial charge in [0.1, 0.15) is 5.60 Å². The second-order valence-electron chi connectivity index (χ2n) is 4.50. The number of nitrogens with one attached hydrogen (secondary N) is 1. The SMILES string of the molecule is CC(=O)NCC(O)(c1ccccc1)c1ccccc1. The van der Waals surface area contributed by atoms with E-state index in [-0.39, 0.29) is 12.5 Å². The van der Waals surface area contributed by atoms with Crippen LogP contribution < -0.4 is 5.32 Å². The summed E-state index contributed by atoms with van der Waals surface area (Å²) < 4.78 is 0. The van der Waals surface area contributed by atoms with Crippen molar-refractivity contribution in [2.24, 2.45) is 0 Å². The van der Waals surface area contributed by atoms with Crippen LogP contribution in [0.2, 0.25) is 0 Å². The van der Waals surface area contributed by atoms with Crippen LogP contribution in [0.15, 0.2) is 60.7 Å². The molecule has 3 heteroatoms. The highest BCUT2D eigenvalue weighted by atomic mass is 16.3. The third-order valence-corrected chi connectivity index (χ3v) is 3.10. The van der Waals surface area contributed by atoms with E-state index in [4.69, 9.17) is 0 Å². The first-order valence-corrected chi connectivity index (χ1v) is 6.21. The highest BCUT2D eigenvalue weighted by Gasteiger charge is 2.31. The van der Waals surface area contributed by atoms with E-state index >= 15 is 0 Å². The Bertz CT molecular complexity index is 498. The Balaban J connectivity index is 2.41. The van der Waals surface area contributed by atoms with Crippen LogP contribution >= 0.6 is 0 Å². The van der Waals surface area contributed by atoms with Crippen molar-refractivity contribution in [2.45, 2.75) is 12.5 Å². The van der Waals surface area contributed by atoms with Gasteiger partial charge >= 0.3 is 0 Å². The molecule has 0 aliphatic heterocycles. The van der Waals surface area contributed by atoms with E-state index in [1.165, 1.54) is 6.92 Å². The summed E-state index contributed by atoms with van der Waals surface area (Å²) >= 11 is 0. The van der Waals surface area contributed by atoms with Gasteiger partial charge in [0.05, 0.1) is 6.54 Å². The largest absolute Gasteiger partial charge is 0.379 e. The van der Waals surface area contributed by atoms with Gasteiger partial charge in [0.2, 0.25) is 5.91 Å².